The fraction of sp³-hybridized carbons (Fsp3) is 0.750. The topological polar surface area (TPSA) is 131 Å². The molecule has 0 saturated heterocycles. The van der Waals surface area contributed by atoms with Crippen molar-refractivity contribution >= 4 is 120 Å². The van der Waals surface area contributed by atoms with Gasteiger partial charge in [-0.2, -0.15) is 15.8 Å². The molecule has 7 nitrogen and oxygen atoms in total. The summed E-state index contributed by atoms with van der Waals surface area (Å²) in [6.07, 6.45) is 1.49. The first-order valence-corrected chi connectivity index (χ1v) is 39.9. The number of nitrogens with zero attached hydrogens (tertiary/aromatic N) is 3. The van der Waals surface area contributed by atoms with Gasteiger partial charge in [-0.25, -0.2) is 0 Å². The van der Waals surface area contributed by atoms with Gasteiger partial charge in [-0.1, -0.05) is 0 Å². The van der Waals surface area contributed by atoms with Crippen molar-refractivity contribution in [2.24, 2.45) is 0 Å². The van der Waals surface area contributed by atoms with Crippen LogP contribution in [-0.2, 0) is 42.6 Å². The maximum absolute atomic E-state index is 7.87. The molecular weight excluding hydrogens is 931 g/mol. The molecule has 0 rings (SSSR count). The van der Waals surface area contributed by atoms with Crippen LogP contribution in [0, 0.1) is 34.0 Å². The standard InChI is InChI=1S/3C4H7NO.6ClH.2K.H2O.2Pt/c3*1-6-4-2-3-5;;;;;;;;;;;/h3*2,4H2,1H3;6*1H;;;1H2;;/q;;;;;;;;;;;;+2;+4/p-6. The van der Waals surface area contributed by atoms with E-state index >= 15 is 0 Å². The first kappa shape index (κ1) is 50.5. The molecule has 0 radical (unpaired) electrons. The number of ether oxygens (including phenoxy) is 3. The van der Waals surface area contributed by atoms with Gasteiger partial charge < -0.3 is 19.7 Å². The molecule has 174 valence electrons. The fourth-order valence-corrected chi connectivity index (χ4v) is 0.443. The van der Waals surface area contributed by atoms with Crippen LogP contribution in [0.2, 0.25) is 0 Å². The molecule has 0 aliphatic rings. The second kappa shape index (κ2) is 58.5. The van der Waals surface area contributed by atoms with Crippen LogP contribution in [0.5, 0.6) is 0 Å². The monoisotopic (exact) mass is 951 g/mol. The SMILES string of the molecule is COCCC#N.COCCC#N.COCCC#N.O.[Cl][Pt]([Cl])([Cl])[Cl].[Cl][Pt][Cl].[K][K]. The summed E-state index contributed by atoms with van der Waals surface area (Å²) in [6, 6.07) is 5.83. The van der Waals surface area contributed by atoms with E-state index in [1.54, 1.807) is 21.3 Å². The summed E-state index contributed by atoms with van der Waals surface area (Å²) >= 11 is -1.03. The van der Waals surface area contributed by atoms with Crippen LogP contribution >= 0.6 is 56.5 Å². The van der Waals surface area contributed by atoms with E-state index < -0.39 is 28.4 Å². The van der Waals surface area contributed by atoms with Crippen molar-refractivity contribution in [3.05, 3.63) is 0 Å². The summed E-state index contributed by atoms with van der Waals surface area (Å²) in [4.78, 5) is 0. The summed E-state index contributed by atoms with van der Waals surface area (Å²) in [5, 5.41) is 23.6. The molecule has 0 unspecified atom stereocenters. The Kier molecular flexibility index (Phi) is 102. The van der Waals surface area contributed by atoms with Crippen LogP contribution in [0.3, 0.4) is 0 Å². The zero-order valence-electron chi connectivity index (χ0n) is 16.7. The van der Waals surface area contributed by atoms with Gasteiger partial charge >= 0.3 is 148 Å². The van der Waals surface area contributed by atoms with E-state index in [0.29, 0.717) is 39.1 Å². The zero-order valence-corrected chi connectivity index (χ0v) is 32.0. The van der Waals surface area contributed by atoms with Crippen LogP contribution in [-0.4, -0.2) is 110 Å². The van der Waals surface area contributed by atoms with E-state index in [4.69, 9.17) is 72.3 Å². The number of methoxy groups -OCH3 is 3. The van der Waals surface area contributed by atoms with Gasteiger partial charge in [-0.15, -0.1) is 0 Å². The average molecular weight is 954 g/mol. The Morgan fingerprint density at radius 3 is 0.897 bits per heavy atom. The first-order valence-electron chi connectivity index (χ1n) is 7.04. The Hall–Kier alpha value is 4.70. The molecule has 0 amide bonds. The van der Waals surface area contributed by atoms with Crippen LogP contribution in [0.1, 0.15) is 19.3 Å². The summed E-state index contributed by atoms with van der Waals surface area (Å²) in [7, 11) is 34.5. The predicted octanol–water partition coefficient (Wildman–Crippen LogP) is 4.19. The van der Waals surface area contributed by atoms with Crippen LogP contribution in [0.15, 0.2) is 0 Å². The maximum atomic E-state index is 7.87. The van der Waals surface area contributed by atoms with Gasteiger partial charge in [0.15, 0.2) is 0 Å². The average Bonchev–Trinajstić information content (AvgIpc) is 2.65. The molecule has 0 saturated carbocycles. The van der Waals surface area contributed by atoms with Gasteiger partial charge in [0.2, 0.25) is 0 Å². The number of halogens is 6. The molecule has 0 bridgehead atoms. The van der Waals surface area contributed by atoms with E-state index in [0.717, 1.165) is 0 Å². The molecule has 0 atom stereocenters. The predicted molar refractivity (Wildman–Crippen MR) is 117 cm³/mol. The first-order chi connectivity index (χ1) is 13.2. The van der Waals surface area contributed by atoms with Crippen molar-refractivity contribution in [1.29, 1.82) is 15.8 Å². The van der Waals surface area contributed by atoms with Crippen LogP contribution < -0.4 is 0 Å². The molecule has 0 aromatic heterocycles. The second-order valence-electron chi connectivity index (χ2n) is 3.02. The van der Waals surface area contributed by atoms with Crippen molar-refractivity contribution in [2.75, 3.05) is 41.2 Å². The molecule has 0 heterocycles. The van der Waals surface area contributed by atoms with E-state index in [-0.39, 0.29) is 5.48 Å². The molecule has 0 aliphatic carbocycles. The minimum atomic E-state index is -3.06. The Balaban J connectivity index is -0.0000000410. The Morgan fingerprint density at radius 1 is 0.724 bits per heavy atom. The van der Waals surface area contributed by atoms with Gasteiger partial charge in [-0.05, 0) is 0 Å². The molecule has 29 heavy (non-hydrogen) atoms. The molecule has 0 aromatic carbocycles. The molecule has 0 aromatic rings. The molecule has 0 fully saturated rings. The van der Waals surface area contributed by atoms with E-state index in [1.165, 1.54) is 63.2 Å². The molecule has 2 N–H and O–H groups in total. The zero-order chi connectivity index (χ0) is 23.7. The van der Waals surface area contributed by atoms with Crippen molar-refractivity contribution in [3.63, 3.8) is 0 Å². The van der Waals surface area contributed by atoms with Gasteiger partial charge in [0.1, 0.15) is 0 Å². The Bertz CT molecular complexity index is 325. The third kappa shape index (κ3) is 164. The van der Waals surface area contributed by atoms with Gasteiger partial charge in [0, 0.05) is 21.3 Å². The van der Waals surface area contributed by atoms with E-state index in [9.17, 15) is 0 Å². The van der Waals surface area contributed by atoms with Crippen LogP contribution in [0.25, 0.3) is 0 Å². The van der Waals surface area contributed by atoms with Gasteiger partial charge in [0.25, 0.3) is 0 Å². The Morgan fingerprint density at radius 2 is 0.862 bits per heavy atom. The second-order valence-corrected chi connectivity index (χ2v) is 26.0. The number of nitriles is 3. The minimum absolute atomic E-state index is 0. The van der Waals surface area contributed by atoms with Crippen molar-refractivity contribution in [2.45, 2.75) is 19.3 Å². The fourth-order valence-electron chi connectivity index (χ4n) is 0.443. The van der Waals surface area contributed by atoms with E-state index in [1.807, 2.05) is 18.2 Å². The summed E-state index contributed by atoms with van der Waals surface area (Å²) in [6.45, 7) is 1.66. The summed E-state index contributed by atoms with van der Waals surface area (Å²) in [5.41, 5.74) is 0. The normalized spacial score (nSPS) is 8.21. The van der Waals surface area contributed by atoms with Crippen molar-refractivity contribution < 1.29 is 48.1 Å². The van der Waals surface area contributed by atoms with Crippen molar-refractivity contribution in [3.8, 4) is 18.2 Å². The number of hydrogen-bond acceptors (Lipinski definition) is 6. The van der Waals surface area contributed by atoms with Gasteiger partial charge in [-0.3, -0.25) is 0 Å². The van der Waals surface area contributed by atoms with Crippen molar-refractivity contribution in [1.82, 2.24) is 0 Å². The molecule has 17 heteroatoms. The Labute approximate surface area is 255 Å². The number of hydrogen-bond donors (Lipinski definition) is 0. The van der Waals surface area contributed by atoms with Crippen LogP contribution in [0.4, 0.5) is 0 Å². The van der Waals surface area contributed by atoms with E-state index in [2.05, 4.69) is 14.2 Å². The molecule has 0 spiro atoms. The third-order valence-electron chi connectivity index (χ3n) is 1.25. The number of rotatable bonds is 6. The quantitative estimate of drug-likeness (QED) is 0.291. The summed E-state index contributed by atoms with van der Waals surface area (Å²) in [5.74, 6) is 0. The van der Waals surface area contributed by atoms with Gasteiger partial charge in [0.05, 0.1) is 57.3 Å². The third-order valence-corrected chi connectivity index (χ3v) is 1.25. The summed E-state index contributed by atoms with van der Waals surface area (Å²) < 4.78 is 13.7. The molecule has 0 aliphatic heterocycles. The molecular formula is C12H23Cl6K2N3O4Pt2.